The van der Waals surface area contributed by atoms with Crippen LogP contribution in [0.1, 0.15) is 13.8 Å². The van der Waals surface area contributed by atoms with Crippen molar-refractivity contribution in [2.24, 2.45) is 4.99 Å². The lowest BCUT2D eigenvalue weighted by molar-refractivity contribution is 0.370. The summed E-state index contributed by atoms with van der Waals surface area (Å²) < 4.78 is 0. The van der Waals surface area contributed by atoms with Gasteiger partial charge in [0.25, 0.3) is 0 Å². The van der Waals surface area contributed by atoms with Crippen molar-refractivity contribution >= 4 is 16.9 Å². The van der Waals surface area contributed by atoms with Gasteiger partial charge in [-0.1, -0.05) is 11.8 Å². The van der Waals surface area contributed by atoms with E-state index in [9.17, 15) is 0 Å². The Bertz CT molecular complexity index is 191. The molecule has 0 aromatic rings. The second kappa shape index (κ2) is 4.86. The molecule has 1 rings (SSSR count). The summed E-state index contributed by atoms with van der Waals surface area (Å²) in [7, 11) is 4.18. The van der Waals surface area contributed by atoms with Crippen LogP contribution in [0.25, 0.3) is 0 Å². The van der Waals surface area contributed by atoms with Crippen LogP contribution >= 0.6 is 11.8 Å². The molecule has 3 nitrogen and oxygen atoms in total. The number of hydrogen-bond acceptors (Lipinski definition) is 4. The number of aliphatic imine (C=N–C) groups is 1. The van der Waals surface area contributed by atoms with Crippen molar-refractivity contribution in [2.45, 2.75) is 25.9 Å². The van der Waals surface area contributed by atoms with Crippen molar-refractivity contribution in [1.82, 2.24) is 10.2 Å². The summed E-state index contributed by atoms with van der Waals surface area (Å²) in [5.41, 5.74) is 0. The van der Waals surface area contributed by atoms with Crippen LogP contribution in [0.2, 0.25) is 0 Å². The molecule has 1 aliphatic rings. The van der Waals surface area contributed by atoms with E-state index in [1.54, 1.807) is 0 Å². The van der Waals surface area contributed by atoms with Crippen molar-refractivity contribution in [3.8, 4) is 0 Å². The monoisotopic (exact) mass is 201 g/mol. The van der Waals surface area contributed by atoms with Gasteiger partial charge < -0.3 is 10.2 Å². The molecule has 2 unspecified atom stereocenters. The van der Waals surface area contributed by atoms with Crippen LogP contribution in [0.4, 0.5) is 0 Å². The lowest BCUT2D eigenvalue weighted by Crippen LogP contribution is -2.37. The topological polar surface area (TPSA) is 27.6 Å². The number of amidine groups is 1. The van der Waals surface area contributed by atoms with E-state index >= 15 is 0 Å². The number of nitrogens with one attached hydrogen (secondary N) is 1. The van der Waals surface area contributed by atoms with Gasteiger partial charge in [-0.25, -0.2) is 0 Å². The SMILES string of the molecule is CC1CSC(NC(C)CN(C)C)=N1. The number of rotatable bonds is 3. The minimum atomic E-state index is 0.478. The van der Waals surface area contributed by atoms with E-state index in [0.717, 1.165) is 17.5 Å². The van der Waals surface area contributed by atoms with E-state index in [4.69, 9.17) is 0 Å². The minimum Gasteiger partial charge on any atom is -0.361 e. The second-order valence-electron chi connectivity index (χ2n) is 3.90. The van der Waals surface area contributed by atoms with E-state index in [1.165, 1.54) is 0 Å². The first-order valence-electron chi connectivity index (χ1n) is 4.70. The van der Waals surface area contributed by atoms with E-state index in [0.29, 0.717) is 12.1 Å². The van der Waals surface area contributed by atoms with E-state index in [1.807, 2.05) is 11.8 Å². The van der Waals surface area contributed by atoms with Gasteiger partial charge in [-0.05, 0) is 27.9 Å². The molecular weight excluding hydrogens is 182 g/mol. The zero-order valence-electron chi connectivity index (χ0n) is 8.87. The van der Waals surface area contributed by atoms with Crippen LogP contribution in [-0.4, -0.2) is 48.5 Å². The molecule has 0 aromatic heterocycles. The third kappa shape index (κ3) is 4.00. The van der Waals surface area contributed by atoms with Crippen molar-refractivity contribution in [3.05, 3.63) is 0 Å². The second-order valence-corrected chi connectivity index (χ2v) is 4.91. The molecule has 0 bridgehead atoms. The molecule has 0 saturated carbocycles. The first-order valence-corrected chi connectivity index (χ1v) is 5.68. The first-order chi connectivity index (χ1) is 6.08. The molecule has 0 radical (unpaired) electrons. The smallest absolute Gasteiger partial charge is 0.157 e. The van der Waals surface area contributed by atoms with Crippen LogP contribution in [0, 0.1) is 0 Å². The minimum absolute atomic E-state index is 0.478. The predicted molar refractivity (Wildman–Crippen MR) is 60.5 cm³/mol. The Balaban J connectivity index is 2.28. The van der Waals surface area contributed by atoms with Gasteiger partial charge in [-0.2, -0.15) is 0 Å². The standard InChI is InChI=1S/C9H19N3S/c1-7(5-12(3)4)10-9-11-8(2)6-13-9/h7-8H,5-6H2,1-4H3,(H,10,11). The third-order valence-electron chi connectivity index (χ3n) is 1.81. The summed E-state index contributed by atoms with van der Waals surface area (Å²) >= 11 is 1.83. The highest BCUT2D eigenvalue weighted by atomic mass is 32.2. The maximum Gasteiger partial charge on any atom is 0.157 e. The average molecular weight is 201 g/mol. The molecule has 76 valence electrons. The third-order valence-corrected chi connectivity index (χ3v) is 2.95. The average Bonchev–Trinajstić information content (AvgIpc) is 2.33. The van der Waals surface area contributed by atoms with Gasteiger partial charge in [0.2, 0.25) is 0 Å². The van der Waals surface area contributed by atoms with Gasteiger partial charge in [-0.3, -0.25) is 4.99 Å². The highest BCUT2D eigenvalue weighted by Crippen LogP contribution is 2.15. The summed E-state index contributed by atoms with van der Waals surface area (Å²) in [6.07, 6.45) is 0. The van der Waals surface area contributed by atoms with Crippen molar-refractivity contribution in [2.75, 3.05) is 26.4 Å². The van der Waals surface area contributed by atoms with Gasteiger partial charge in [0, 0.05) is 18.3 Å². The Labute approximate surface area is 85.0 Å². The molecule has 0 aromatic carbocycles. The first kappa shape index (κ1) is 10.9. The van der Waals surface area contributed by atoms with Crippen molar-refractivity contribution < 1.29 is 0 Å². The number of hydrogen-bond donors (Lipinski definition) is 1. The summed E-state index contributed by atoms with van der Waals surface area (Å²) in [4.78, 5) is 6.67. The lowest BCUT2D eigenvalue weighted by atomic mass is 10.3. The highest BCUT2D eigenvalue weighted by Gasteiger charge is 2.15. The highest BCUT2D eigenvalue weighted by molar-refractivity contribution is 8.14. The Morgan fingerprint density at radius 3 is 2.85 bits per heavy atom. The van der Waals surface area contributed by atoms with E-state index in [2.05, 4.69) is 43.2 Å². The van der Waals surface area contributed by atoms with E-state index in [-0.39, 0.29) is 0 Å². The Morgan fingerprint density at radius 2 is 2.38 bits per heavy atom. The van der Waals surface area contributed by atoms with Gasteiger partial charge in [0.15, 0.2) is 5.17 Å². The van der Waals surface area contributed by atoms with Gasteiger partial charge in [0.1, 0.15) is 0 Å². The quantitative estimate of drug-likeness (QED) is 0.739. The van der Waals surface area contributed by atoms with Crippen molar-refractivity contribution in [1.29, 1.82) is 0 Å². The molecule has 2 atom stereocenters. The van der Waals surface area contributed by atoms with Gasteiger partial charge in [-0.15, -0.1) is 0 Å². The van der Waals surface area contributed by atoms with Crippen LogP contribution in [0.15, 0.2) is 4.99 Å². The molecule has 0 amide bonds. The molecular formula is C9H19N3S. The largest absolute Gasteiger partial charge is 0.361 e. The Morgan fingerprint density at radius 1 is 1.69 bits per heavy atom. The molecule has 0 aliphatic carbocycles. The molecule has 13 heavy (non-hydrogen) atoms. The van der Waals surface area contributed by atoms with Crippen LogP contribution < -0.4 is 5.32 Å². The maximum absolute atomic E-state index is 4.49. The zero-order chi connectivity index (χ0) is 9.84. The number of nitrogens with zero attached hydrogens (tertiary/aromatic N) is 2. The van der Waals surface area contributed by atoms with Gasteiger partial charge >= 0.3 is 0 Å². The summed E-state index contributed by atoms with van der Waals surface area (Å²) in [5.74, 6) is 1.12. The normalized spacial score (nSPS) is 24.7. The predicted octanol–water partition coefficient (Wildman–Crippen LogP) is 1.02. The fraction of sp³-hybridized carbons (Fsp3) is 0.889. The molecule has 0 saturated heterocycles. The summed E-state index contributed by atoms with van der Waals surface area (Å²) in [6, 6.07) is 0.964. The van der Waals surface area contributed by atoms with E-state index < -0.39 is 0 Å². The molecule has 0 fully saturated rings. The zero-order valence-corrected chi connectivity index (χ0v) is 9.69. The molecule has 4 heteroatoms. The summed E-state index contributed by atoms with van der Waals surface area (Å²) in [6.45, 7) is 5.39. The Kier molecular flexibility index (Phi) is 4.06. The molecule has 1 heterocycles. The van der Waals surface area contributed by atoms with Crippen LogP contribution in [-0.2, 0) is 0 Å². The lowest BCUT2D eigenvalue weighted by Gasteiger charge is -2.18. The summed E-state index contributed by atoms with van der Waals surface area (Å²) in [5, 5.41) is 4.52. The van der Waals surface area contributed by atoms with Crippen LogP contribution in [0.3, 0.4) is 0 Å². The Hall–Kier alpha value is -0.220. The van der Waals surface area contributed by atoms with Crippen molar-refractivity contribution in [3.63, 3.8) is 0 Å². The molecule has 1 N–H and O–H groups in total. The maximum atomic E-state index is 4.49. The number of thioether (sulfide) groups is 1. The molecule has 0 spiro atoms. The van der Waals surface area contributed by atoms with Crippen LogP contribution in [0.5, 0.6) is 0 Å². The molecule has 1 aliphatic heterocycles. The number of likely N-dealkylation sites (N-methyl/N-ethyl adjacent to an activating group) is 1. The fourth-order valence-electron chi connectivity index (χ4n) is 1.36. The van der Waals surface area contributed by atoms with Gasteiger partial charge in [0.05, 0.1) is 6.04 Å². The fourth-order valence-corrected chi connectivity index (χ4v) is 2.37.